The monoisotopic (exact) mass is 221 g/mol. The van der Waals surface area contributed by atoms with Crippen molar-refractivity contribution in [3.05, 3.63) is 0 Å². The van der Waals surface area contributed by atoms with E-state index in [9.17, 15) is 0 Å². The summed E-state index contributed by atoms with van der Waals surface area (Å²) in [5.74, 6) is 0. The van der Waals surface area contributed by atoms with E-state index in [-0.39, 0.29) is 5.25 Å². The quantitative estimate of drug-likeness (QED) is 0.538. The first-order chi connectivity index (χ1) is 6.14. The highest BCUT2D eigenvalue weighted by molar-refractivity contribution is 7.81. The van der Waals surface area contributed by atoms with E-state index in [2.05, 4.69) is 12.6 Å². The van der Waals surface area contributed by atoms with Gasteiger partial charge < -0.3 is 13.3 Å². The SMILES string of the molecule is CO[Si](CCC(S)C#N)(OC)OC. The minimum Gasteiger partial charge on any atom is -0.377 e. The van der Waals surface area contributed by atoms with Crippen LogP contribution >= 0.6 is 12.6 Å². The van der Waals surface area contributed by atoms with Crippen molar-refractivity contribution in [3.8, 4) is 6.07 Å². The lowest BCUT2D eigenvalue weighted by atomic mass is 10.4. The summed E-state index contributed by atoms with van der Waals surface area (Å²) in [5, 5.41) is 8.23. The van der Waals surface area contributed by atoms with Crippen LogP contribution in [0.25, 0.3) is 0 Å². The van der Waals surface area contributed by atoms with Crippen LogP contribution in [0, 0.1) is 11.3 Å². The van der Waals surface area contributed by atoms with Gasteiger partial charge in [-0.1, -0.05) is 0 Å². The van der Waals surface area contributed by atoms with Crippen LogP contribution in [0.15, 0.2) is 0 Å². The summed E-state index contributed by atoms with van der Waals surface area (Å²) < 4.78 is 15.5. The van der Waals surface area contributed by atoms with E-state index >= 15 is 0 Å². The highest BCUT2D eigenvalue weighted by Gasteiger charge is 2.37. The summed E-state index contributed by atoms with van der Waals surface area (Å²) in [5.41, 5.74) is 0. The third kappa shape index (κ3) is 4.11. The molecule has 0 amide bonds. The molecule has 0 aromatic heterocycles. The predicted molar refractivity (Wildman–Crippen MR) is 54.6 cm³/mol. The molecule has 0 radical (unpaired) electrons. The molecule has 0 heterocycles. The van der Waals surface area contributed by atoms with Gasteiger partial charge in [-0.3, -0.25) is 0 Å². The molecule has 0 fully saturated rings. The van der Waals surface area contributed by atoms with Crippen molar-refractivity contribution in [1.29, 1.82) is 5.26 Å². The highest BCUT2D eigenvalue weighted by Crippen LogP contribution is 2.17. The Morgan fingerprint density at radius 1 is 1.31 bits per heavy atom. The van der Waals surface area contributed by atoms with Crippen molar-refractivity contribution in [3.63, 3.8) is 0 Å². The van der Waals surface area contributed by atoms with E-state index < -0.39 is 8.80 Å². The summed E-state index contributed by atoms with van der Waals surface area (Å²) in [7, 11) is 2.17. The number of nitriles is 1. The third-order valence-corrected chi connectivity index (χ3v) is 4.95. The van der Waals surface area contributed by atoms with Crippen molar-refractivity contribution in [2.75, 3.05) is 21.3 Å². The van der Waals surface area contributed by atoms with Gasteiger partial charge in [0.15, 0.2) is 0 Å². The maximum atomic E-state index is 8.52. The first-order valence-electron chi connectivity index (χ1n) is 3.87. The average molecular weight is 221 g/mol. The molecule has 0 saturated carbocycles. The largest absolute Gasteiger partial charge is 0.500 e. The number of hydrogen-bond donors (Lipinski definition) is 1. The maximum absolute atomic E-state index is 8.52. The smallest absolute Gasteiger partial charge is 0.377 e. The summed E-state index contributed by atoms with van der Waals surface area (Å²) in [6.45, 7) is 0. The fourth-order valence-electron chi connectivity index (χ4n) is 0.934. The molecule has 0 aromatic carbocycles. The Balaban J connectivity index is 4.04. The van der Waals surface area contributed by atoms with Gasteiger partial charge in [-0.15, -0.1) is 0 Å². The Morgan fingerprint density at radius 3 is 2.08 bits per heavy atom. The van der Waals surface area contributed by atoms with Crippen molar-refractivity contribution < 1.29 is 13.3 Å². The second-order valence-electron chi connectivity index (χ2n) is 2.48. The van der Waals surface area contributed by atoms with Crippen molar-refractivity contribution in [2.45, 2.75) is 17.7 Å². The van der Waals surface area contributed by atoms with Gasteiger partial charge in [0.1, 0.15) is 0 Å². The van der Waals surface area contributed by atoms with Gasteiger partial charge in [0.05, 0.1) is 11.3 Å². The van der Waals surface area contributed by atoms with Crippen LogP contribution in [-0.4, -0.2) is 35.4 Å². The molecule has 0 N–H and O–H groups in total. The van der Waals surface area contributed by atoms with Crippen LogP contribution in [0.5, 0.6) is 0 Å². The van der Waals surface area contributed by atoms with Crippen LogP contribution < -0.4 is 0 Å². The zero-order valence-corrected chi connectivity index (χ0v) is 10.0. The fraction of sp³-hybridized carbons (Fsp3) is 0.857. The molecule has 1 atom stereocenters. The first-order valence-corrected chi connectivity index (χ1v) is 6.32. The molecule has 0 rings (SSSR count). The summed E-state index contributed by atoms with van der Waals surface area (Å²) in [6.07, 6.45) is 0.612. The van der Waals surface area contributed by atoms with Crippen LogP contribution in [0.4, 0.5) is 0 Å². The van der Waals surface area contributed by atoms with Gasteiger partial charge in [-0.25, -0.2) is 0 Å². The van der Waals surface area contributed by atoms with E-state index in [1.54, 1.807) is 21.3 Å². The number of nitrogens with zero attached hydrogens (tertiary/aromatic N) is 1. The Morgan fingerprint density at radius 2 is 1.77 bits per heavy atom. The minimum atomic E-state index is -2.50. The molecule has 4 nitrogen and oxygen atoms in total. The van der Waals surface area contributed by atoms with Gasteiger partial charge in [0.2, 0.25) is 0 Å². The summed E-state index contributed by atoms with van der Waals surface area (Å²) >= 11 is 4.05. The van der Waals surface area contributed by atoms with Crippen molar-refractivity contribution in [2.24, 2.45) is 0 Å². The van der Waals surface area contributed by atoms with E-state index in [1.165, 1.54) is 0 Å². The molecule has 0 saturated heterocycles. The molecular formula is C7H15NO3SSi. The van der Waals surface area contributed by atoms with Crippen LogP contribution in [0.3, 0.4) is 0 Å². The number of thiol groups is 1. The molecule has 13 heavy (non-hydrogen) atoms. The molecule has 0 aliphatic rings. The van der Waals surface area contributed by atoms with E-state index in [0.717, 1.165) is 0 Å². The molecule has 0 spiro atoms. The van der Waals surface area contributed by atoms with E-state index in [0.29, 0.717) is 12.5 Å². The molecule has 0 bridgehead atoms. The first kappa shape index (κ1) is 12.9. The fourth-order valence-corrected chi connectivity index (χ4v) is 3.06. The molecular weight excluding hydrogens is 206 g/mol. The number of hydrogen-bond acceptors (Lipinski definition) is 5. The number of rotatable bonds is 6. The summed E-state index contributed by atoms with van der Waals surface area (Å²) in [6, 6.07) is 2.64. The Kier molecular flexibility index (Phi) is 6.37. The lowest BCUT2D eigenvalue weighted by Gasteiger charge is -2.24. The van der Waals surface area contributed by atoms with Crippen LogP contribution in [0.1, 0.15) is 6.42 Å². The Hall–Kier alpha value is -0.0631. The normalized spacial score (nSPS) is 13.8. The lowest BCUT2D eigenvalue weighted by Crippen LogP contribution is -2.43. The predicted octanol–water partition coefficient (Wildman–Crippen LogP) is 1.08. The minimum absolute atomic E-state index is 0.285. The van der Waals surface area contributed by atoms with Gasteiger partial charge in [0.25, 0.3) is 0 Å². The second kappa shape index (κ2) is 6.40. The van der Waals surface area contributed by atoms with Gasteiger partial charge in [-0.2, -0.15) is 17.9 Å². The maximum Gasteiger partial charge on any atom is 0.500 e. The zero-order valence-electron chi connectivity index (χ0n) is 8.11. The standard InChI is InChI=1S/C7H15NO3SSi/c1-9-13(10-2,11-3)5-4-7(12)6-8/h7,12H,4-5H2,1-3H3. The van der Waals surface area contributed by atoms with Crippen LogP contribution in [0.2, 0.25) is 6.04 Å². The van der Waals surface area contributed by atoms with Crippen molar-refractivity contribution >= 4 is 21.4 Å². The third-order valence-electron chi connectivity index (χ3n) is 1.81. The topological polar surface area (TPSA) is 51.5 Å². The van der Waals surface area contributed by atoms with Crippen molar-refractivity contribution in [1.82, 2.24) is 0 Å². The van der Waals surface area contributed by atoms with Gasteiger partial charge in [0, 0.05) is 27.4 Å². The molecule has 0 aliphatic carbocycles. The van der Waals surface area contributed by atoms with Crippen LogP contribution in [-0.2, 0) is 13.3 Å². The summed E-state index contributed by atoms with van der Waals surface area (Å²) in [4.78, 5) is 0. The van der Waals surface area contributed by atoms with Gasteiger partial charge >= 0.3 is 8.80 Å². The molecule has 0 aromatic rings. The molecule has 6 heteroatoms. The second-order valence-corrected chi connectivity index (χ2v) is 6.19. The average Bonchev–Trinajstić information content (AvgIpc) is 2.20. The zero-order chi connectivity index (χ0) is 10.3. The van der Waals surface area contributed by atoms with Gasteiger partial charge in [-0.05, 0) is 6.42 Å². The van der Waals surface area contributed by atoms with E-state index in [4.69, 9.17) is 18.5 Å². The Bertz CT molecular complexity index is 173. The molecule has 76 valence electrons. The molecule has 1 unspecified atom stereocenters. The van der Waals surface area contributed by atoms with E-state index in [1.807, 2.05) is 6.07 Å². The Labute approximate surface area is 85.6 Å². The highest BCUT2D eigenvalue weighted by atomic mass is 32.1. The molecule has 0 aliphatic heterocycles. The lowest BCUT2D eigenvalue weighted by molar-refractivity contribution is 0.123.